The van der Waals surface area contributed by atoms with Gasteiger partial charge in [-0.3, -0.25) is 4.99 Å². The van der Waals surface area contributed by atoms with Gasteiger partial charge in [-0.2, -0.15) is 0 Å². The van der Waals surface area contributed by atoms with Crippen molar-refractivity contribution in [2.75, 3.05) is 13.1 Å². The lowest BCUT2D eigenvalue weighted by molar-refractivity contribution is 0.244. The molecule has 0 fully saturated rings. The van der Waals surface area contributed by atoms with E-state index in [1.165, 1.54) is 6.07 Å². The molecule has 1 aliphatic rings. The minimum atomic E-state index is -0.863. The van der Waals surface area contributed by atoms with Gasteiger partial charge < -0.3 is 10.6 Å². The monoisotopic (exact) mass is 251 g/mol. The number of hydrogen-bond donors (Lipinski definition) is 1. The van der Waals surface area contributed by atoms with Crippen molar-refractivity contribution in [3.63, 3.8) is 0 Å². The molecule has 2 N–H and O–H groups in total. The molecule has 1 aromatic rings. The highest BCUT2D eigenvalue weighted by atomic mass is 19.2. The summed E-state index contributed by atoms with van der Waals surface area (Å²) in [7, 11) is 0. The lowest BCUT2D eigenvalue weighted by atomic mass is 9.91. The Kier molecular flexibility index (Phi) is 3.07. The second-order valence-electron chi connectivity index (χ2n) is 4.48. The Labute approximate surface area is 105 Å². The molecular formula is C13H15F2N3. The minimum absolute atomic E-state index is 0.391. The summed E-state index contributed by atoms with van der Waals surface area (Å²) in [6, 6.07) is 3.87. The third-order valence-corrected chi connectivity index (χ3v) is 3.27. The minimum Gasteiger partial charge on any atom is -0.370 e. The Hall–Kier alpha value is -1.91. The molecule has 1 aromatic carbocycles. The van der Waals surface area contributed by atoms with Crippen LogP contribution >= 0.6 is 0 Å². The van der Waals surface area contributed by atoms with Crippen molar-refractivity contribution in [3.05, 3.63) is 48.1 Å². The van der Waals surface area contributed by atoms with Crippen LogP contribution in [0.15, 0.2) is 35.8 Å². The number of hydrogen-bond acceptors (Lipinski definition) is 3. The van der Waals surface area contributed by atoms with Crippen LogP contribution < -0.4 is 5.73 Å². The maximum absolute atomic E-state index is 13.3. The molecule has 1 heterocycles. The molecule has 5 heteroatoms. The van der Waals surface area contributed by atoms with E-state index in [0.717, 1.165) is 6.07 Å². The first kappa shape index (κ1) is 12.5. The lowest BCUT2D eigenvalue weighted by Crippen LogP contribution is -2.47. The van der Waals surface area contributed by atoms with E-state index in [9.17, 15) is 8.78 Å². The van der Waals surface area contributed by atoms with E-state index in [1.807, 2.05) is 11.8 Å². The molecule has 0 saturated carbocycles. The highest BCUT2D eigenvalue weighted by Crippen LogP contribution is 2.33. The number of nitrogens with zero attached hydrogens (tertiary/aromatic N) is 2. The Morgan fingerprint density at radius 2 is 2.22 bits per heavy atom. The van der Waals surface area contributed by atoms with Gasteiger partial charge in [0.15, 0.2) is 17.6 Å². The van der Waals surface area contributed by atoms with Crippen LogP contribution in [0.3, 0.4) is 0 Å². The molecule has 0 amide bonds. The van der Waals surface area contributed by atoms with Crippen molar-refractivity contribution in [1.29, 1.82) is 0 Å². The van der Waals surface area contributed by atoms with Crippen LogP contribution in [0.5, 0.6) is 0 Å². The molecule has 0 bridgehead atoms. The normalized spacial score (nSPS) is 23.1. The summed E-state index contributed by atoms with van der Waals surface area (Å²) in [4.78, 5) is 6.00. The molecule has 0 saturated heterocycles. The zero-order valence-electron chi connectivity index (χ0n) is 10.2. The predicted octanol–water partition coefficient (Wildman–Crippen LogP) is 2.00. The number of benzene rings is 1. The summed E-state index contributed by atoms with van der Waals surface area (Å²) >= 11 is 0. The number of rotatable bonds is 3. The maximum Gasteiger partial charge on any atom is 0.192 e. The van der Waals surface area contributed by atoms with E-state index < -0.39 is 17.2 Å². The highest BCUT2D eigenvalue weighted by molar-refractivity contribution is 5.81. The van der Waals surface area contributed by atoms with Gasteiger partial charge >= 0.3 is 0 Å². The Morgan fingerprint density at radius 1 is 1.50 bits per heavy atom. The van der Waals surface area contributed by atoms with Crippen LogP contribution in [0.1, 0.15) is 12.5 Å². The van der Waals surface area contributed by atoms with E-state index in [0.29, 0.717) is 24.6 Å². The molecule has 1 atom stereocenters. The molecule has 2 rings (SSSR count). The average molecular weight is 251 g/mol. The van der Waals surface area contributed by atoms with Gasteiger partial charge in [-0.1, -0.05) is 12.1 Å². The van der Waals surface area contributed by atoms with Gasteiger partial charge in [-0.05, 0) is 24.6 Å². The Bertz CT molecular complexity index is 513. The fourth-order valence-corrected chi connectivity index (χ4v) is 2.16. The molecule has 0 aliphatic carbocycles. The molecule has 0 spiro atoms. The van der Waals surface area contributed by atoms with Gasteiger partial charge in [0.1, 0.15) is 0 Å². The first-order valence-electron chi connectivity index (χ1n) is 5.63. The van der Waals surface area contributed by atoms with Crippen molar-refractivity contribution >= 4 is 5.96 Å². The second kappa shape index (κ2) is 4.40. The zero-order valence-corrected chi connectivity index (χ0v) is 10.2. The van der Waals surface area contributed by atoms with Crippen LogP contribution in [0.25, 0.3) is 0 Å². The number of guanidine groups is 1. The fraction of sp³-hybridized carbons (Fsp3) is 0.308. The van der Waals surface area contributed by atoms with Crippen LogP contribution in [0.4, 0.5) is 8.78 Å². The summed E-state index contributed by atoms with van der Waals surface area (Å²) < 4.78 is 26.3. The number of aliphatic imine (C=N–C) groups is 1. The molecule has 0 radical (unpaired) electrons. The first-order chi connectivity index (χ1) is 8.49. The van der Waals surface area contributed by atoms with Gasteiger partial charge in [0.25, 0.3) is 0 Å². The van der Waals surface area contributed by atoms with Gasteiger partial charge in [0.2, 0.25) is 0 Å². The van der Waals surface area contributed by atoms with Crippen LogP contribution in [0, 0.1) is 11.6 Å². The molecule has 1 aliphatic heterocycles. The molecule has 96 valence electrons. The van der Waals surface area contributed by atoms with E-state index in [1.54, 1.807) is 12.1 Å². The average Bonchev–Trinajstić information content (AvgIpc) is 2.62. The van der Waals surface area contributed by atoms with Crippen LogP contribution in [-0.4, -0.2) is 23.9 Å². The third kappa shape index (κ3) is 1.85. The Morgan fingerprint density at radius 3 is 2.83 bits per heavy atom. The molecule has 1 unspecified atom stereocenters. The van der Waals surface area contributed by atoms with E-state index in [4.69, 9.17) is 5.73 Å². The van der Waals surface area contributed by atoms with Crippen LogP contribution in [0.2, 0.25) is 0 Å². The largest absolute Gasteiger partial charge is 0.370 e. The quantitative estimate of drug-likeness (QED) is 0.835. The Balaban J connectivity index is 2.41. The fourth-order valence-electron chi connectivity index (χ4n) is 2.16. The van der Waals surface area contributed by atoms with Crippen molar-refractivity contribution < 1.29 is 8.78 Å². The smallest absolute Gasteiger partial charge is 0.192 e. The van der Waals surface area contributed by atoms with E-state index >= 15 is 0 Å². The van der Waals surface area contributed by atoms with Gasteiger partial charge in [0, 0.05) is 6.54 Å². The first-order valence-corrected chi connectivity index (χ1v) is 5.63. The number of halogens is 2. The predicted molar refractivity (Wildman–Crippen MR) is 67.1 cm³/mol. The summed E-state index contributed by atoms with van der Waals surface area (Å²) in [6.45, 7) is 6.48. The number of nitrogens with two attached hydrogens (primary N) is 1. The zero-order chi connectivity index (χ0) is 13.3. The maximum atomic E-state index is 13.3. The summed E-state index contributed by atoms with van der Waals surface area (Å²) in [5.74, 6) is -1.33. The van der Waals surface area contributed by atoms with Crippen molar-refractivity contribution in [1.82, 2.24) is 4.90 Å². The standard InChI is InChI=1S/C13H15F2N3/c1-3-6-18-12(16)17-8-13(18,2)9-4-5-10(14)11(15)7-9/h3-5,7H,1,6,8H2,2H3,(H2,16,17). The lowest BCUT2D eigenvalue weighted by Gasteiger charge is -2.36. The topological polar surface area (TPSA) is 41.6 Å². The summed E-state index contributed by atoms with van der Waals surface area (Å²) in [6.07, 6.45) is 1.70. The van der Waals surface area contributed by atoms with Crippen molar-refractivity contribution in [3.8, 4) is 0 Å². The van der Waals surface area contributed by atoms with E-state index in [2.05, 4.69) is 11.6 Å². The molecule has 18 heavy (non-hydrogen) atoms. The van der Waals surface area contributed by atoms with E-state index in [-0.39, 0.29) is 0 Å². The molecular weight excluding hydrogens is 236 g/mol. The highest BCUT2D eigenvalue weighted by Gasteiger charge is 2.39. The second-order valence-corrected chi connectivity index (χ2v) is 4.48. The molecule has 3 nitrogen and oxygen atoms in total. The van der Waals surface area contributed by atoms with Gasteiger partial charge in [0.05, 0.1) is 12.1 Å². The van der Waals surface area contributed by atoms with Crippen molar-refractivity contribution in [2.45, 2.75) is 12.5 Å². The SMILES string of the molecule is C=CCN1C(N)=NCC1(C)c1ccc(F)c(F)c1. The van der Waals surface area contributed by atoms with Crippen LogP contribution in [-0.2, 0) is 5.54 Å². The summed E-state index contributed by atoms with van der Waals surface area (Å²) in [5, 5.41) is 0. The van der Waals surface area contributed by atoms with Gasteiger partial charge in [-0.25, -0.2) is 8.78 Å². The summed E-state index contributed by atoms with van der Waals surface area (Å²) in [5.41, 5.74) is 5.89. The molecule has 0 aromatic heterocycles. The third-order valence-electron chi connectivity index (χ3n) is 3.27. The van der Waals surface area contributed by atoms with Gasteiger partial charge in [-0.15, -0.1) is 6.58 Å². The van der Waals surface area contributed by atoms with Crippen molar-refractivity contribution in [2.24, 2.45) is 10.7 Å².